The average Bonchev–Trinajstić information content (AvgIpc) is 2.77. The largest absolute Gasteiger partial charge is 0.355 e. The number of hydrogen-bond acceptors (Lipinski definition) is 4. The number of nitrogens with one attached hydrogen (secondary N) is 1. The van der Waals surface area contributed by atoms with Crippen molar-refractivity contribution in [2.75, 3.05) is 25.4 Å². The molecule has 1 unspecified atom stereocenters. The summed E-state index contributed by atoms with van der Waals surface area (Å²) in [5.74, 6) is 1.01. The number of nitrogens with zero attached hydrogens (tertiary/aromatic N) is 1. The van der Waals surface area contributed by atoms with Gasteiger partial charge in [0.1, 0.15) is 0 Å². The number of rotatable bonds is 9. The summed E-state index contributed by atoms with van der Waals surface area (Å²) in [6.45, 7) is 3.25. The Labute approximate surface area is 204 Å². The van der Waals surface area contributed by atoms with Crippen LogP contribution in [0.3, 0.4) is 0 Å². The molecule has 32 heavy (non-hydrogen) atoms. The van der Waals surface area contributed by atoms with Crippen molar-refractivity contribution in [3.8, 4) is 0 Å². The van der Waals surface area contributed by atoms with E-state index < -0.39 is 10.0 Å². The molecule has 174 valence electrons. The number of hydrogen-bond donors (Lipinski definition) is 1. The smallest absolute Gasteiger partial charge is 0.224 e. The summed E-state index contributed by atoms with van der Waals surface area (Å²) in [5, 5.41) is 3.63. The second-order valence-corrected chi connectivity index (χ2v) is 11.8. The summed E-state index contributed by atoms with van der Waals surface area (Å²) in [6, 6.07) is 13.2. The van der Waals surface area contributed by atoms with Crippen molar-refractivity contribution in [3.05, 3.63) is 69.2 Å². The normalized spacial score (nSPS) is 17.3. The zero-order valence-electron chi connectivity index (χ0n) is 18.0. The van der Waals surface area contributed by atoms with Gasteiger partial charge in [-0.05, 0) is 43.0 Å². The summed E-state index contributed by atoms with van der Waals surface area (Å²) < 4.78 is 27.3. The van der Waals surface area contributed by atoms with Gasteiger partial charge in [0.25, 0.3) is 0 Å². The number of carbonyl (C=O) groups excluding carboxylic acids is 1. The Bertz CT molecular complexity index is 1030. The Hall–Kier alpha value is -1.25. The van der Waals surface area contributed by atoms with Gasteiger partial charge < -0.3 is 5.32 Å². The van der Waals surface area contributed by atoms with Gasteiger partial charge in [0.05, 0.1) is 11.7 Å². The van der Waals surface area contributed by atoms with Gasteiger partial charge in [-0.3, -0.25) is 4.79 Å². The molecule has 0 aromatic heterocycles. The number of amides is 1. The van der Waals surface area contributed by atoms with Gasteiger partial charge in [0, 0.05) is 46.7 Å². The molecular formula is C23H28Cl2N2O3S2. The maximum atomic E-state index is 13.0. The van der Waals surface area contributed by atoms with Crippen molar-refractivity contribution in [1.82, 2.24) is 9.62 Å². The third-order valence-corrected chi connectivity index (χ3v) is 9.09. The molecule has 1 heterocycles. The van der Waals surface area contributed by atoms with E-state index in [2.05, 4.69) is 24.4 Å². The molecule has 9 heteroatoms. The molecule has 1 aliphatic rings. The van der Waals surface area contributed by atoms with E-state index in [-0.39, 0.29) is 24.1 Å². The first kappa shape index (κ1) is 25.4. The molecule has 3 rings (SSSR count). The lowest BCUT2D eigenvalue weighted by molar-refractivity contribution is -0.125. The Morgan fingerprint density at radius 1 is 1.16 bits per heavy atom. The molecular weight excluding hydrogens is 487 g/mol. The van der Waals surface area contributed by atoms with Crippen LogP contribution in [0, 0.1) is 12.8 Å². The molecule has 2 aromatic carbocycles. The van der Waals surface area contributed by atoms with E-state index in [4.69, 9.17) is 23.2 Å². The molecule has 0 aliphatic carbocycles. The summed E-state index contributed by atoms with van der Waals surface area (Å²) in [7, 11) is -3.63. The molecule has 0 bridgehead atoms. The maximum Gasteiger partial charge on any atom is 0.224 e. The average molecular weight is 516 g/mol. The van der Waals surface area contributed by atoms with E-state index in [0.717, 1.165) is 11.5 Å². The zero-order valence-corrected chi connectivity index (χ0v) is 21.2. The fraction of sp³-hybridized carbons (Fsp3) is 0.435. The van der Waals surface area contributed by atoms with E-state index in [1.54, 1.807) is 30.0 Å². The van der Waals surface area contributed by atoms with Gasteiger partial charge >= 0.3 is 0 Å². The predicted octanol–water partition coefficient (Wildman–Crippen LogP) is 4.89. The van der Waals surface area contributed by atoms with Crippen molar-refractivity contribution >= 4 is 50.9 Å². The van der Waals surface area contributed by atoms with Gasteiger partial charge in [-0.15, -0.1) is 0 Å². The Morgan fingerprint density at radius 2 is 1.88 bits per heavy atom. The van der Waals surface area contributed by atoms with Crippen LogP contribution in [0.25, 0.3) is 0 Å². The van der Waals surface area contributed by atoms with Gasteiger partial charge in [-0.1, -0.05) is 53.5 Å². The second-order valence-electron chi connectivity index (χ2n) is 7.92. The van der Waals surface area contributed by atoms with Gasteiger partial charge in [-0.25, -0.2) is 12.7 Å². The van der Waals surface area contributed by atoms with Crippen LogP contribution in [0.15, 0.2) is 42.5 Å². The second kappa shape index (κ2) is 11.7. The number of thioether (sulfide) groups is 1. The highest BCUT2D eigenvalue weighted by Gasteiger charge is 2.33. The van der Waals surface area contributed by atoms with Crippen molar-refractivity contribution in [2.45, 2.75) is 31.3 Å². The van der Waals surface area contributed by atoms with Crippen molar-refractivity contribution in [3.63, 3.8) is 0 Å². The molecule has 0 radical (unpaired) electrons. The molecule has 5 nitrogen and oxygen atoms in total. The highest BCUT2D eigenvalue weighted by molar-refractivity contribution is 7.98. The van der Waals surface area contributed by atoms with Crippen molar-refractivity contribution in [2.24, 2.45) is 5.92 Å². The first-order valence-electron chi connectivity index (χ1n) is 10.6. The van der Waals surface area contributed by atoms with Crippen LogP contribution in [0.4, 0.5) is 0 Å². The summed E-state index contributed by atoms with van der Waals surface area (Å²) in [6.07, 6.45) is 1.33. The number of sulfonamides is 1. The fourth-order valence-electron chi connectivity index (χ4n) is 3.70. The maximum absolute atomic E-state index is 13.0. The lowest BCUT2D eigenvalue weighted by Crippen LogP contribution is -2.46. The Morgan fingerprint density at radius 3 is 2.59 bits per heavy atom. The van der Waals surface area contributed by atoms with E-state index in [1.807, 2.05) is 12.1 Å². The SMILES string of the molecule is Cc1ccccc1CSCCNC(=O)C1CCCN(S(=O)(=O)Cc2c(Cl)cccc2Cl)C1. The van der Waals surface area contributed by atoms with E-state index in [9.17, 15) is 13.2 Å². The molecule has 0 saturated carbocycles. The minimum absolute atomic E-state index is 0.0860. The Kier molecular flexibility index (Phi) is 9.32. The monoisotopic (exact) mass is 514 g/mol. The minimum Gasteiger partial charge on any atom is -0.355 e. The lowest BCUT2D eigenvalue weighted by atomic mass is 9.99. The number of halogens is 2. The summed E-state index contributed by atoms with van der Waals surface area (Å²) in [5.41, 5.74) is 2.97. The first-order valence-corrected chi connectivity index (χ1v) is 14.1. The van der Waals surface area contributed by atoms with Crippen molar-refractivity contribution in [1.29, 1.82) is 0 Å². The third-order valence-electron chi connectivity index (χ3n) is 5.60. The molecule has 0 spiro atoms. The highest BCUT2D eigenvalue weighted by Crippen LogP contribution is 2.29. The number of carbonyl (C=O) groups is 1. The molecule has 2 aromatic rings. The molecule has 1 N–H and O–H groups in total. The topological polar surface area (TPSA) is 66.5 Å². The Balaban J connectivity index is 1.48. The highest BCUT2D eigenvalue weighted by atomic mass is 35.5. The third kappa shape index (κ3) is 6.87. The summed E-state index contributed by atoms with van der Waals surface area (Å²) >= 11 is 14.1. The fourth-order valence-corrected chi connectivity index (χ4v) is 6.99. The van der Waals surface area contributed by atoms with Crippen LogP contribution < -0.4 is 5.32 Å². The molecule has 1 aliphatic heterocycles. The van der Waals surface area contributed by atoms with Gasteiger partial charge in [0.2, 0.25) is 15.9 Å². The van der Waals surface area contributed by atoms with E-state index in [0.29, 0.717) is 41.5 Å². The number of piperidine rings is 1. The van der Waals surface area contributed by atoms with E-state index in [1.165, 1.54) is 15.4 Å². The van der Waals surface area contributed by atoms with Gasteiger partial charge in [-0.2, -0.15) is 11.8 Å². The van der Waals surface area contributed by atoms with Crippen LogP contribution in [0.5, 0.6) is 0 Å². The molecule has 1 saturated heterocycles. The number of aryl methyl sites for hydroxylation is 1. The molecule has 1 atom stereocenters. The lowest BCUT2D eigenvalue weighted by Gasteiger charge is -2.31. The zero-order chi connectivity index (χ0) is 23.1. The molecule has 1 amide bonds. The van der Waals surface area contributed by atoms with Crippen molar-refractivity contribution < 1.29 is 13.2 Å². The molecule has 1 fully saturated rings. The van der Waals surface area contributed by atoms with Crippen LogP contribution >= 0.6 is 35.0 Å². The summed E-state index contributed by atoms with van der Waals surface area (Å²) in [4.78, 5) is 12.6. The standard InChI is InChI=1S/C23H28Cl2N2O3S2/c1-17-6-2-3-7-19(17)15-31-13-11-26-23(28)18-8-5-12-27(14-18)32(29,30)16-20-21(24)9-4-10-22(20)25/h2-4,6-7,9-10,18H,5,8,11-16H2,1H3,(H,26,28). The van der Waals surface area contributed by atoms with Crippen LogP contribution in [0.1, 0.15) is 29.5 Å². The number of benzene rings is 2. The quantitative estimate of drug-likeness (QED) is 0.483. The van der Waals surface area contributed by atoms with Crippen LogP contribution in [-0.4, -0.2) is 44.0 Å². The van der Waals surface area contributed by atoms with E-state index >= 15 is 0 Å². The first-order chi connectivity index (χ1) is 15.3. The van der Waals surface area contributed by atoms with Gasteiger partial charge in [0.15, 0.2) is 0 Å². The van der Waals surface area contributed by atoms with Crippen LogP contribution in [0.2, 0.25) is 10.0 Å². The predicted molar refractivity (Wildman–Crippen MR) is 134 cm³/mol. The van der Waals surface area contributed by atoms with Crippen LogP contribution in [-0.2, 0) is 26.3 Å². The minimum atomic E-state index is -3.63.